The van der Waals surface area contributed by atoms with Crippen molar-refractivity contribution in [3.05, 3.63) is 29.3 Å². The Balaban J connectivity index is 1.81. The second-order valence-corrected chi connectivity index (χ2v) is 5.13. The predicted molar refractivity (Wildman–Crippen MR) is 77.8 cm³/mol. The van der Waals surface area contributed by atoms with Gasteiger partial charge >= 0.3 is 5.97 Å². The normalized spacial score (nSPS) is 15.3. The molecule has 2 N–H and O–H groups in total. The molecule has 1 unspecified atom stereocenters. The highest BCUT2D eigenvalue weighted by Gasteiger charge is 2.14. The van der Waals surface area contributed by atoms with Crippen molar-refractivity contribution >= 4 is 5.97 Å². The third kappa shape index (κ3) is 3.97. The molecule has 0 bridgehead atoms. The van der Waals surface area contributed by atoms with E-state index in [1.807, 2.05) is 6.07 Å². The maximum absolute atomic E-state index is 11.4. The first-order valence-corrected chi connectivity index (χ1v) is 7.37. The van der Waals surface area contributed by atoms with Crippen molar-refractivity contribution in [1.82, 2.24) is 0 Å². The number of hydrogen-bond donors (Lipinski definition) is 1. The van der Waals surface area contributed by atoms with Crippen molar-refractivity contribution in [3.63, 3.8) is 0 Å². The number of rotatable bonds is 6. The summed E-state index contributed by atoms with van der Waals surface area (Å²) in [4.78, 5) is 11.4. The highest BCUT2D eigenvalue weighted by atomic mass is 16.5. The summed E-state index contributed by atoms with van der Waals surface area (Å²) in [5, 5.41) is 0. The van der Waals surface area contributed by atoms with Gasteiger partial charge in [0.1, 0.15) is 11.8 Å². The average Bonchev–Trinajstić information content (AvgIpc) is 2.47. The lowest BCUT2D eigenvalue weighted by Crippen LogP contribution is -2.33. The minimum absolute atomic E-state index is 0.359. The van der Waals surface area contributed by atoms with E-state index < -0.39 is 6.04 Å². The van der Waals surface area contributed by atoms with Gasteiger partial charge < -0.3 is 15.2 Å². The van der Waals surface area contributed by atoms with Gasteiger partial charge in [-0.3, -0.25) is 4.79 Å². The molecule has 110 valence electrons. The van der Waals surface area contributed by atoms with Gasteiger partial charge in [-0.05, 0) is 55.9 Å². The van der Waals surface area contributed by atoms with Crippen molar-refractivity contribution in [1.29, 1.82) is 0 Å². The Morgan fingerprint density at radius 1 is 1.30 bits per heavy atom. The maximum Gasteiger partial charge on any atom is 0.323 e. The smallest absolute Gasteiger partial charge is 0.323 e. The first kappa shape index (κ1) is 14.9. The van der Waals surface area contributed by atoms with Crippen LogP contribution < -0.4 is 10.5 Å². The molecule has 1 aromatic rings. The molecule has 1 aliphatic carbocycles. The zero-order valence-electron chi connectivity index (χ0n) is 12.1. The molecule has 0 amide bonds. The van der Waals surface area contributed by atoms with Crippen LogP contribution in [0.2, 0.25) is 0 Å². The molecule has 0 spiro atoms. The summed E-state index contributed by atoms with van der Waals surface area (Å²) in [5.74, 6) is 0.503. The van der Waals surface area contributed by atoms with Gasteiger partial charge in [0.25, 0.3) is 0 Å². The van der Waals surface area contributed by atoms with E-state index in [1.54, 1.807) is 6.92 Å². The SMILES string of the molecule is CCOC(=O)C(N)CCOc1ccc2c(c1)CCCC2. The van der Waals surface area contributed by atoms with E-state index in [4.69, 9.17) is 15.2 Å². The lowest BCUT2D eigenvalue weighted by atomic mass is 9.92. The first-order chi connectivity index (χ1) is 9.70. The molecule has 0 saturated heterocycles. The molecule has 1 atom stereocenters. The summed E-state index contributed by atoms with van der Waals surface area (Å²) >= 11 is 0. The number of ether oxygens (including phenoxy) is 2. The van der Waals surface area contributed by atoms with Gasteiger partial charge in [-0.2, -0.15) is 0 Å². The van der Waals surface area contributed by atoms with Gasteiger partial charge in [0.2, 0.25) is 0 Å². The van der Waals surface area contributed by atoms with Crippen LogP contribution in [0, 0.1) is 0 Å². The number of aryl methyl sites for hydroxylation is 2. The molecule has 1 aliphatic rings. The van der Waals surface area contributed by atoms with E-state index in [2.05, 4.69) is 12.1 Å². The van der Waals surface area contributed by atoms with Crippen molar-refractivity contribution < 1.29 is 14.3 Å². The van der Waals surface area contributed by atoms with Crippen molar-refractivity contribution in [2.24, 2.45) is 5.73 Å². The molecule has 4 nitrogen and oxygen atoms in total. The predicted octanol–water partition coefficient (Wildman–Crippen LogP) is 2.22. The van der Waals surface area contributed by atoms with E-state index in [9.17, 15) is 4.79 Å². The molecule has 0 saturated carbocycles. The highest BCUT2D eigenvalue weighted by Crippen LogP contribution is 2.25. The number of hydrogen-bond acceptors (Lipinski definition) is 4. The molecular formula is C16H23NO3. The van der Waals surface area contributed by atoms with Gasteiger partial charge in [0.15, 0.2) is 0 Å². The molecule has 0 fully saturated rings. The number of nitrogens with two attached hydrogens (primary N) is 1. The van der Waals surface area contributed by atoms with E-state index in [-0.39, 0.29) is 5.97 Å². The van der Waals surface area contributed by atoms with Crippen LogP contribution in [0.15, 0.2) is 18.2 Å². The summed E-state index contributed by atoms with van der Waals surface area (Å²) in [6, 6.07) is 5.66. The van der Waals surface area contributed by atoms with E-state index in [1.165, 1.54) is 30.4 Å². The zero-order valence-corrected chi connectivity index (χ0v) is 12.1. The van der Waals surface area contributed by atoms with Crippen LogP contribution in [0.4, 0.5) is 0 Å². The fraction of sp³-hybridized carbons (Fsp3) is 0.562. The van der Waals surface area contributed by atoms with E-state index in [0.29, 0.717) is 19.6 Å². The molecule has 0 aromatic heterocycles. The molecule has 4 heteroatoms. The summed E-state index contributed by atoms with van der Waals surface area (Å²) in [6.07, 6.45) is 5.31. The Hall–Kier alpha value is -1.55. The molecule has 0 heterocycles. The van der Waals surface area contributed by atoms with Crippen LogP contribution in [0.5, 0.6) is 5.75 Å². The number of carbonyl (C=O) groups excluding carboxylic acids is 1. The van der Waals surface area contributed by atoms with Crippen molar-refractivity contribution in [3.8, 4) is 5.75 Å². The lowest BCUT2D eigenvalue weighted by molar-refractivity contribution is -0.145. The summed E-state index contributed by atoms with van der Waals surface area (Å²) in [7, 11) is 0. The van der Waals surface area contributed by atoms with Gasteiger partial charge in [0.05, 0.1) is 13.2 Å². The summed E-state index contributed by atoms with van der Waals surface area (Å²) < 4.78 is 10.5. The minimum Gasteiger partial charge on any atom is -0.494 e. The van der Waals surface area contributed by atoms with Crippen LogP contribution in [-0.4, -0.2) is 25.2 Å². The quantitative estimate of drug-likeness (QED) is 0.810. The first-order valence-electron chi connectivity index (χ1n) is 7.37. The monoisotopic (exact) mass is 277 g/mol. The zero-order chi connectivity index (χ0) is 14.4. The highest BCUT2D eigenvalue weighted by molar-refractivity contribution is 5.75. The third-order valence-electron chi connectivity index (χ3n) is 3.61. The lowest BCUT2D eigenvalue weighted by Gasteiger charge is -2.17. The van der Waals surface area contributed by atoms with Crippen LogP contribution >= 0.6 is 0 Å². The Labute approximate surface area is 120 Å². The molecule has 0 radical (unpaired) electrons. The summed E-state index contributed by atoms with van der Waals surface area (Å²) in [6.45, 7) is 2.56. The largest absolute Gasteiger partial charge is 0.494 e. The Bertz CT molecular complexity index is 459. The fourth-order valence-electron chi connectivity index (χ4n) is 2.47. The van der Waals surface area contributed by atoms with Crippen LogP contribution in [0.1, 0.15) is 37.3 Å². The molecule has 20 heavy (non-hydrogen) atoms. The molecule has 1 aromatic carbocycles. The Morgan fingerprint density at radius 2 is 2.05 bits per heavy atom. The average molecular weight is 277 g/mol. The standard InChI is InChI=1S/C16H23NO3/c1-2-19-16(18)15(17)9-10-20-14-8-7-12-5-3-4-6-13(12)11-14/h7-8,11,15H,2-6,9-10,17H2,1H3. The van der Waals surface area contributed by atoms with Gasteiger partial charge in [-0.1, -0.05) is 6.07 Å². The number of benzene rings is 1. The van der Waals surface area contributed by atoms with Crippen LogP contribution in [0.25, 0.3) is 0 Å². The Kier molecular flexibility index (Phi) is 5.41. The Morgan fingerprint density at radius 3 is 2.80 bits per heavy atom. The maximum atomic E-state index is 11.4. The molecule has 0 aliphatic heterocycles. The van der Waals surface area contributed by atoms with Gasteiger partial charge in [-0.15, -0.1) is 0 Å². The van der Waals surface area contributed by atoms with Crippen LogP contribution in [-0.2, 0) is 22.4 Å². The molecular weight excluding hydrogens is 254 g/mol. The fourth-order valence-corrected chi connectivity index (χ4v) is 2.47. The third-order valence-corrected chi connectivity index (χ3v) is 3.61. The second-order valence-electron chi connectivity index (χ2n) is 5.13. The van der Waals surface area contributed by atoms with Crippen molar-refractivity contribution in [2.45, 2.75) is 45.1 Å². The van der Waals surface area contributed by atoms with E-state index >= 15 is 0 Å². The number of esters is 1. The van der Waals surface area contributed by atoms with Gasteiger partial charge in [0, 0.05) is 6.42 Å². The second kappa shape index (κ2) is 7.29. The topological polar surface area (TPSA) is 61.5 Å². The number of fused-ring (bicyclic) bond motifs is 1. The molecule has 2 rings (SSSR count). The minimum atomic E-state index is -0.604. The summed E-state index contributed by atoms with van der Waals surface area (Å²) in [5.41, 5.74) is 8.55. The van der Waals surface area contributed by atoms with Crippen LogP contribution in [0.3, 0.4) is 0 Å². The van der Waals surface area contributed by atoms with Crippen molar-refractivity contribution in [2.75, 3.05) is 13.2 Å². The van der Waals surface area contributed by atoms with Gasteiger partial charge in [-0.25, -0.2) is 0 Å². The number of carbonyl (C=O) groups is 1. The van der Waals surface area contributed by atoms with E-state index in [0.717, 1.165) is 12.2 Å².